The number of rotatable bonds is 18. The molecule has 1 saturated heterocycles. The molecule has 284 valence electrons. The van der Waals surface area contributed by atoms with Gasteiger partial charge >= 0.3 is 0 Å². The van der Waals surface area contributed by atoms with E-state index >= 15 is 0 Å². The van der Waals surface area contributed by atoms with Crippen molar-refractivity contribution in [1.82, 2.24) is 20.0 Å². The van der Waals surface area contributed by atoms with E-state index in [-0.39, 0.29) is 71.6 Å². The topological polar surface area (TPSA) is 111 Å². The van der Waals surface area contributed by atoms with Crippen molar-refractivity contribution in [3.8, 4) is 0 Å². The van der Waals surface area contributed by atoms with Crippen LogP contribution in [0, 0.1) is 17.8 Å². The Bertz CT molecular complexity index is 1450. The maximum atomic E-state index is 14.2. The standard InChI is InChI=1S/C40H63N5O5S/c1-12-27(6)38(44(9)40(49)36(25(2)3)42-39(48)37(26(4)5)43(7)8)32(50-10)23-35(47)45-22-16-21-31(45)33(51-11)24-34(46)41-30-20-15-18-28-17-13-14-19-29(28)30/h13-15,17-20,25-27,31-33,36-38H,12,16,21-24H2,1-11H3,(H,41,46)(H,42,48). The highest BCUT2D eigenvalue weighted by molar-refractivity contribution is 7.99. The van der Waals surface area contributed by atoms with Gasteiger partial charge in [0.2, 0.25) is 23.6 Å². The van der Waals surface area contributed by atoms with E-state index in [4.69, 9.17) is 4.74 Å². The summed E-state index contributed by atoms with van der Waals surface area (Å²) in [5.41, 5.74) is 0.784. The van der Waals surface area contributed by atoms with Crippen molar-refractivity contribution in [1.29, 1.82) is 0 Å². The van der Waals surface area contributed by atoms with Crippen LogP contribution in [0.3, 0.4) is 0 Å². The zero-order chi connectivity index (χ0) is 38.0. The lowest BCUT2D eigenvalue weighted by Gasteiger charge is -2.41. The fraction of sp³-hybridized carbons (Fsp3) is 0.650. The van der Waals surface area contributed by atoms with Crippen LogP contribution in [-0.4, -0.2) is 115 Å². The Morgan fingerprint density at radius 3 is 2.22 bits per heavy atom. The summed E-state index contributed by atoms with van der Waals surface area (Å²) in [6.07, 6.45) is 4.30. The summed E-state index contributed by atoms with van der Waals surface area (Å²) in [7, 11) is 7.10. The Kier molecular flexibility index (Phi) is 16.3. The van der Waals surface area contributed by atoms with Gasteiger partial charge in [-0.2, -0.15) is 11.8 Å². The second-order valence-corrected chi connectivity index (χ2v) is 16.1. The number of carbonyl (C=O) groups excluding carboxylic acids is 4. The maximum Gasteiger partial charge on any atom is 0.245 e. The predicted octanol–water partition coefficient (Wildman–Crippen LogP) is 5.90. The minimum absolute atomic E-state index is 0.0245. The number of likely N-dealkylation sites (N-methyl/N-ethyl adjacent to an activating group) is 2. The first-order valence-corrected chi connectivity index (χ1v) is 19.8. The number of nitrogens with zero attached hydrogens (tertiary/aromatic N) is 3. The third-order valence-electron chi connectivity index (χ3n) is 10.6. The molecular formula is C40H63N5O5S. The Morgan fingerprint density at radius 2 is 1.63 bits per heavy atom. The molecule has 11 heteroatoms. The minimum atomic E-state index is -0.728. The van der Waals surface area contributed by atoms with Gasteiger partial charge in [-0.1, -0.05) is 84.4 Å². The number of thioether (sulfide) groups is 1. The normalized spacial score (nSPS) is 18.4. The van der Waals surface area contributed by atoms with Crippen molar-refractivity contribution < 1.29 is 23.9 Å². The SMILES string of the molecule is CCC(C)C(C(CC(=O)N1CCCC1C(CC(=O)Nc1cccc2ccccc12)SC)OC)N(C)C(=O)C(NC(=O)C(C(C)C)N(C)C)C(C)C. The molecule has 0 aromatic heterocycles. The van der Waals surface area contributed by atoms with Gasteiger partial charge in [0, 0.05) is 49.5 Å². The van der Waals surface area contributed by atoms with Crippen molar-refractivity contribution in [2.75, 3.05) is 46.4 Å². The molecule has 0 spiro atoms. The molecule has 7 unspecified atom stereocenters. The number of benzene rings is 2. The highest BCUT2D eigenvalue weighted by Gasteiger charge is 2.41. The molecule has 1 aliphatic heterocycles. The average molecular weight is 726 g/mol. The van der Waals surface area contributed by atoms with Gasteiger partial charge in [-0.25, -0.2) is 0 Å². The Morgan fingerprint density at radius 1 is 0.961 bits per heavy atom. The molecule has 1 aliphatic rings. The number of hydrogen-bond donors (Lipinski definition) is 2. The van der Waals surface area contributed by atoms with Crippen LogP contribution in [-0.2, 0) is 23.9 Å². The quantitative estimate of drug-likeness (QED) is 0.197. The van der Waals surface area contributed by atoms with Crippen molar-refractivity contribution in [2.24, 2.45) is 17.8 Å². The van der Waals surface area contributed by atoms with E-state index in [0.717, 1.165) is 35.7 Å². The largest absolute Gasteiger partial charge is 0.379 e. The molecule has 1 heterocycles. The number of methoxy groups -OCH3 is 1. The molecule has 3 rings (SSSR count). The number of fused-ring (bicyclic) bond motifs is 1. The summed E-state index contributed by atoms with van der Waals surface area (Å²) in [5.74, 6) is -0.542. The summed E-state index contributed by atoms with van der Waals surface area (Å²) in [6.45, 7) is 12.6. The van der Waals surface area contributed by atoms with Crippen LogP contribution in [0.5, 0.6) is 0 Å². The molecule has 2 aromatic carbocycles. The fourth-order valence-electron chi connectivity index (χ4n) is 7.71. The molecule has 0 bridgehead atoms. The molecule has 7 atom stereocenters. The number of hydrogen-bond acceptors (Lipinski definition) is 7. The van der Waals surface area contributed by atoms with Crippen LogP contribution in [0.1, 0.15) is 73.6 Å². The van der Waals surface area contributed by atoms with Crippen LogP contribution < -0.4 is 10.6 Å². The van der Waals surface area contributed by atoms with E-state index in [0.29, 0.717) is 6.54 Å². The molecule has 1 fully saturated rings. The molecule has 51 heavy (non-hydrogen) atoms. The van der Waals surface area contributed by atoms with Gasteiger partial charge in [0.15, 0.2) is 0 Å². The zero-order valence-electron chi connectivity index (χ0n) is 32.8. The number of nitrogens with one attached hydrogen (secondary N) is 2. The minimum Gasteiger partial charge on any atom is -0.379 e. The first-order valence-electron chi connectivity index (χ1n) is 18.5. The smallest absolute Gasteiger partial charge is 0.245 e. The Balaban J connectivity index is 1.76. The van der Waals surface area contributed by atoms with Gasteiger partial charge in [-0.05, 0) is 62.4 Å². The van der Waals surface area contributed by atoms with E-state index < -0.39 is 18.2 Å². The third-order valence-corrected chi connectivity index (χ3v) is 11.7. The monoisotopic (exact) mass is 725 g/mol. The highest BCUT2D eigenvalue weighted by atomic mass is 32.2. The number of carbonyl (C=O) groups is 4. The molecule has 4 amide bonds. The lowest BCUT2D eigenvalue weighted by Crippen LogP contribution is -2.59. The average Bonchev–Trinajstić information content (AvgIpc) is 3.58. The summed E-state index contributed by atoms with van der Waals surface area (Å²) in [4.78, 5) is 60.6. The van der Waals surface area contributed by atoms with Gasteiger partial charge in [-0.3, -0.25) is 24.1 Å². The van der Waals surface area contributed by atoms with Crippen molar-refractivity contribution in [2.45, 2.75) is 109 Å². The first kappa shape index (κ1) is 42.3. The molecule has 0 aliphatic carbocycles. The number of amides is 4. The van der Waals surface area contributed by atoms with Gasteiger partial charge in [0.25, 0.3) is 0 Å². The van der Waals surface area contributed by atoms with Crippen molar-refractivity contribution in [3.05, 3.63) is 42.5 Å². The zero-order valence-corrected chi connectivity index (χ0v) is 33.6. The molecule has 10 nitrogen and oxygen atoms in total. The van der Waals surface area contributed by atoms with Crippen LogP contribution in [0.2, 0.25) is 0 Å². The van der Waals surface area contributed by atoms with E-state index in [1.165, 1.54) is 0 Å². The summed E-state index contributed by atoms with van der Waals surface area (Å²) in [5, 5.41) is 8.16. The summed E-state index contributed by atoms with van der Waals surface area (Å²) >= 11 is 1.62. The van der Waals surface area contributed by atoms with E-state index in [1.54, 1.807) is 30.8 Å². The number of anilines is 1. The Hall–Kier alpha value is -3.15. The van der Waals surface area contributed by atoms with Gasteiger partial charge in [0.05, 0.1) is 24.6 Å². The molecule has 2 aromatic rings. The lowest BCUT2D eigenvalue weighted by atomic mass is 9.89. The van der Waals surface area contributed by atoms with E-state index in [2.05, 4.69) is 24.5 Å². The van der Waals surface area contributed by atoms with Crippen LogP contribution in [0.15, 0.2) is 42.5 Å². The third kappa shape index (κ3) is 10.7. The number of ether oxygens (including phenoxy) is 1. The first-order chi connectivity index (χ1) is 24.2. The summed E-state index contributed by atoms with van der Waals surface area (Å²) in [6, 6.07) is 12.3. The van der Waals surface area contributed by atoms with Crippen LogP contribution in [0.25, 0.3) is 10.8 Å². The second-order valence-electron chi connectivity index (χ2n) is 15.0. The predicted molar refractivity (Wildman–Crippen MR) is 210 cm³/mol. The Labute approximate surface area is 310 Å². The van der Waals surface area contributed by atoms with E-state index in [1.807, 2.05) is 100 Å². The molecular weight excluding hydrogens is 663 g/mol. The molecule has 0 saturated carbocycles. The van der Waals surface area contributed by atoms with Crippen LogP contribution in [0.4, 0.5) is 5.69 Å². The van der Waals surface area contributed by atoms with Crippen molar-refractivity contribution in [3.63, 3.8) is 0 Å². The maximum absolute atomic E-state index is 14.2. The number of likely N-dealkylation sites (tertiary alicyclic amines) is 1. The highest BCUT2D eigenvalue weighted by Crippen LogP contribution is 2.32. The van der Waals surface area contributed by atoms with Gasteiger partial charge in [0.1, 0.15) is 6.04 Å². The van der Waals surface area contributed by atoms with Crippen LogP contribution >= 0.6 is 11.8 Å². The fourth-order valence-corrected chi connectivity index (χ4v) is 8.62. The van der Waals surface area contributed by atoms with Gasteiger partial charge < -0.3 is 25.2 Å². The summed E-state index contributed by atoms with van der Waals surface area (Å²) < 4.78 is 6.04. The van der Waals surface area contributed by atoms with Crippen molar-refractivity contribution >= 4 is 51.9 Å². The van der Waals surface area contributed by atoms with E-state index in [9.17, 15) is 19.2 Å². The van der Waals surface area contributed by atoms with Gasteiger partial charge in [-0.15, -0.1) is 0 Å². The molecule has 0 radical (unpaired) electrons. The second kappa shape index (κ2) is 19.6. The lowest BCUT2D eigenvalue weighted by molar-refractivity contribution is -0.146. The molecule has 2 N–H and O–H groups in total.